The molecule has 0 heterocycles. The first-order valence-electron chi connectivity index (χ1n) is 6.01. The van der Waals surface area contributed by atoms with Crippen molar-refractivity contribution in [3.05, 3.63) is 0 Å². The average Bonchev–Trinajstić information content (AvgIpc) is 2.33. The Hall–Kier alpha value is -0.690. The maximum absolute atomic E-state index is 11.5. The topological polar surface area (TPSA) is 85.2 Å². The lowest BCUT2D eigenvalue weighted by atomic mass is 10.0. The minimum atomic E-state index is -0.801. The van der Waals surface area contributed by atoms with Gasteiger partial charge in [0.25, 0.3) is 0 Å². The van der Waals surface area contributed by atoms with Gasteiger partial charge in [0.2, 0.25) is 0 Å². The third-order valence-corrected chi connectivity index (χ3v) is 2.47. The van der Waals surface area contributed by atoms with E-state index in [0.29, 0.717) is 12.8 Å². The highest BCUT2D eigenvalue weighted by molar-refractivity contribution is 5.71. The van der Waals surface area contributed by atoms with Gasteiger partial charge in [-0.25, -0.2) is 0 Å². The van der Waals surface area contributed by atoms with Gasteiger partial charge >= 0.3 is 5.97 Å². The Morgan fingerprint density at radius 2 is 1.56 bits per heavy atom. The van der Waals surface area contributed by atoms with Gasteiger partial charge in [-0.05, 0) is 12.8 Å². The lowest BCUT2D eigenvalue weighted by Crippen LogP contribution is -2.26. The van der Waals surface area contributed by atoms with Crippen molar-refractivity contribution in [1.29, 1.82) is 0 Å². The molecule has 0 aromatic heterocycles. The van der Waals surface area contributed by atoms with Crippen molar-refractivity contribution in [2.75, 3.05) is 34.0 Å². The second-order valence-electron chi connectivity index (χ2n) is 4.33. The van der Waals surface area contributed by atoms with Crippen LogP contribution < -0.4 is 0 Å². The summed E-state index contributed by atoms with van der Waals surface area (Å²) in [4.78, 5) is 11.5. The monoisotopic (exact) mass is 264 g/mol. The highest BCUT2D eigenvalue weighted by atomic mass is 16.5. The van der Waals surface area contributed by atoms with E-state index in [2.05, 4.69) is 0 Å². The molecule has 6 nitrogen and oxygen atoms in total. The second-order valence-corrected chi connectivity index (χ2v) is 4.33. The van der Waals surface area contributed by atoms with E-state index in [4.69, 9.17) is 14.2 Å². The standard InChI is InChI=1S/C12H24O6/c1-9(4-5-10(13)6-16-2)12(15)18-8-11(14)7-17-3/h9-11,13-14H,4-8H2,1-3H3. The summed E-state index contributed by atoms with van der Waals surface area (Å²) in [6, 6.07) is 0. The van der Waals surface area contributed by atoms with Crippen molar-refractivity contribution in [1.82, 2.24) is 0 Å². The molecular formula is C12H24O6. The number of carbonyl (C=O) groups is 1. The molecule has 0 saturated heterocycles. The molecule has 18 heavy (non-hydrogen) atoms. The number of aliphatic hydroxyl groups excluding tert-OH is 2. The van der Waals surface area contributed by atoms with E-state index in [9.17, 15) is 15.0 Å². The van der Waals surface area contributed by atoms with Crippen LogP contribution in [0.2, 0.25) is 0 Å². The molecule has 0 rings (SSSR count). The molecule has 0 fully saturated rings. The molecule has 0 aromatic rings. The molecule has 3 unspecified atom stereocenters. The first-order chi connectivity index (χ1) is 8.51. The van der Waals surface area contributed by atoms with E-state index in [0.717, 1.165) is 0 Å². The molecular weight excluding hydrogens is 240 g/mol. The third kappa shape index (κ3) is 8.41. The van der Waals surface area contributed by atoms with Crippen molar-refractivity contribution in [2.45, 2.75) is 32.0 Å². The van der Waals surface area contributed by atoms with E-state index in [1.807, 2.05) is 0 Å². The lowest BCUT2D eigenvalue weighted by Gasteiger charge is -2.15. The van der Waals surface area contributed by atoms with Crippen molar-refractivity contribution in [3.8, 4) is 0 Å². The number of methoxy groups -OCH3 is 2. The van der Waals surface area contributed by atoms with Crippen molar-refractivity contribution in [2.24, 2.45) is 5.92 Å². The Labute approximate surface area is 108 Å². The van der Waals surface area contributed by atoms with E-state index in [-0.39, 0.29) is 31.7 Å². The minimum absolute atomic E-state index is 0.0718. The van der Waals surface area contributed by atoms with Crippen LogP contribution in [-0.2, 0) is 19.0 Å². The maximum Gasteiger partial charge on any atom is 0.308 e. The first kappa shape index (κ1) is 17.3. The number of hydrogen-bond acceptors (Lipinski definition) is 6. The highest BCUT2D eigenvalue weighted by Crippen LogP contribution is 2.10. The van der Waals surface area contributed by atoms with E-state index < -0.39 is 12.2 Å². The molecule has 0 radical (unpaired) electrons. The van der Waals surface area contributed by atoms with Crippen LogP contribution >= 0.6 is 0 Å². The minimum Gasteiger partial charge on any atom is -0.463 e. The van der Waals surface area contributed by atoms with Crippen LogP contribution in [0.1, 0.15) is 19.8 Å². The second kappa shape index (κ2) is 10.3. The number of carbonyl (C=O) groups excluding carboxylic acids is 1. The molecule has 2 N–H and O–H groups in total. The summed E-state index contributed by atoms with van der Waals surface area (Å²) in [5.74, 6) is -0.693. The average molecular weight is 264 g/mol. The molecule has 0 aromatic carbocycles. The zero-order valence-corrected chi connectivity index (χ0v) is 11.3. The van der Waals surface area contributed by atoms with Crippen LogP contribution in [0.5, 0.6) is 0 Å². The molecule has 3 atom stereocenters. The van der Waals surface area contributed by atoms with Crippen molar-refractivity contribution < 1.29 is 29.2 Å². The normalized spacial score (nSPS) is 16.1. The van der Waals surface area contributed by atoms with Crippen molar-refractivity contribution >= 4 is 5.97 Å². The van der Waals surface area contributed by atoms with Gasteiger partial charge in [0, 0.05) is 14.2 Å². The summed E-state index contributed by atoms with van der Waals surface area (Å²) < 4.78 is 14.4. The quantitative estimate of drug-likeness (QED) is 0.539. The Kier molecular flexibility index (Phi) is 9.86. The Bertz CT molecular complexity index is 221. The van der Waals surface area contributed by atoms with Gasteiger partial charge in [-0.3, -0.25) is 4.79 Å². The number of hydrogen-bond donors (Lipinski definition) is 2. The molecule has 108 valence electrons. The molecule has 0 aliphatic heterocycles. The van der Waals surface area contributed by atoms with E-state index in [1.165, 1.54) is 14.2 Å². The van der Waals surface area contributed by atoms with Crippen LogP contribution in [-0.4, -0.2) is 62.4 Å². The first-order valence-corrected chi connectivity index (χ1v) is 6.01. The SMILES string of the molecule is COCC(O)CCC(C)C(=O)OCC(O)COC. The molecule has 0 amide bonds. The van der Waals surface area contributed by atoms with Crippen LogP contribution in [0.4, 0.5) is 0 Å². The fraction of sp³-hybridized carbons (Fsp3) is 0.917. The lowest BCUT2D eigenvalue weighted by molar-refractivity contribution is -0.152. The van der Waals surface area contributed by atoms with E-state index in [1.54, 1.807) is 6.92 Å². The van der Waals surface area contributed by atoms with Crippen molar-refractivity contribution in [3.63, 3.8) is 0 Å². The number of esters is 1. The van der Waals surface area contributed by atoms with Gasteiger partial charge in [-0.2, -0.15) is 0 Å². The molecule has 0 bridgehead atoms. The summed E-state index contributed by atoms with van der Waals surface area (Å²) in [6.45, 7) is 2.05. The number of ether oxygens (including phenoxy) is 3. The van der Waals surface area contributed by atoms with Crippen LogP contribution in [0.25, 0.3) is 0 Å². The zero-order chi connectivity index (χ0) is 14.0. The fourth-order valence-corrected chi connectivity index (χ4v) is 1.40. The van der Waals surface area contributed by atoms with E-state index >= 15 is 0 Å². The van der Waals surface area contributed by atoms with Gasteiger partial charge in [-0.1, -0.05) is 6.92 Å². The maximum atomic E-state index is 11.5. The van der Waals surface area contributed by atoms with Crippen LogP contribution in [0.3, 0.4) is 0 Å². The molecule has 0 spiro atoms. The van der Waals surface area contributed by atoms with Crippen LogP contribution in [0.15, 0.2) is 0 Å². The molecule has 0 saturated carbocycles. The summed E-state index contributed by atoms with van der Waals surface area (Å²) >= 11 is 0. The third-order valence-electron chi connectivity index (χ3n) is 2.47. The van der Waals surface area contributed by atoms with Gasteiger partial charge < -0.3 is 24.4 Å². The van der Waals surface area contributed by atoms with Crippen LogP contribution in [0, 0.1) is 5.92 Å². The Morgan fingerprint density at radius 1 is 1.00 bits per heavy atom. The van der Waals surface area contributed by atoms with Gasteiger partial charge in [0.1, 0.15) is 12.7 Å². The summed E-state index contributed by atoms with van der Waals surface area (Å²) in [7, 11) is 2.98. The summed E-state index contributed by atoms with van der Waals surface area (Å²) in [5, 5.41) is 18.7. The van der Waals surface area contributed by atoms with Gasteiger partial charge in [0.05, 0.1) is 25.2 Å². The molecule has 6 heteroatoms. The zero-order valence-electron chi connectivity index (χ0n) is 11.3. The number of rotatable bonds is 10. The molecule has 0 aliphatic carbocycles. The highest BCUT2D eigenvalue weighted by Gasteiger charge is 2.17. The fourth-order valence-electron chi connectivity index (χ4n) is 1.40. The predicted octanol–water partition coefficient (Wildman–Crippen LogP) is -0.0395. The molecule has 0 aliphatic rings. The Morgan fingerprint density at radius 3 is 2.11 bits per heavy atom. The number of aliphatic hydroxyl groups is 2. The smallest absolute Gasteiger partial charge is 0.308 e. The summed E-state index contributed by atoms with van der Waals surface area (Å²) in [6.07, 6.45) is -0.372. The Balaban J connectivity index is 3.75. The summed E-state index contributed by atoms with van der Waals surface area (Å²) in [5.41, 5.74) is 0. The van der Waals surface area contributed by atoms with Gasteiger partial charge in [-0.15, -0.1) is 0 Å². The van der Waals surface area contributed by atoms with Gasteiger partial charge in [0.15, 0.2) is 0 Å². The predicted molar refractivity (Wildman–Crippen MR) is 65.1 cm³/mol. The largest absolute Gasteiger partial charge is 0.463 e.